The van der Waals surface area contributed by atoms with E-state index < -0.39 is 0 Å². The van der Waals surface area contributed by atoms with E-state index in [-0.39, 0.29) is 5.92 Å². The standard InChI is InChI=1S/C16H20ClN3/c1-5-20(13-8-6-12(4)7-9-13)16-14(11(2)3)15(17)18-10-19-16/h6-11H,5H2,1-4H3. The molecule has 2 rings (SSSR count). The predicted octanol–water partition coefficient (Wildman–Crippen LogP) is 4.72. The molecule has 0 radical (unpaired) electrons. The maximum atomic E-state index is 6.26. The molecular formula is C16H20ClN3. The van der Waals surface area contributed by atoms with Gasteiger partial charge in [0, 0.05) is 17.8 Å². The van der Waals surface area contributed by atoms with E-state index in [0.29, 0.717) is 5.15 Å². The van der Waals surface area contributed by atoms with Crippen molar-refractivity contribution in [2.45, 2.75) is 33.6 Å². The third-order valence-electron chi connectivity index (χ3n) is 3.31. The fourth-order valence-corrected chi connectivity index (χ4v) is 2.60. The first kappa shape index (κ1) is 14.8. The van der Waals surface area contributed by atoms with E-state index in [1.165, 1.54) is 11.9 Å². The van der Waals surface area contributed by atoms with Crippen molar-refractivity contribution in [3.63, 3.8) is 0 Å². The van der Waals surface area contributed by atoms with Gasteiger partial charge in [-0.15, -0.1) is 0 Å². The van der Waals surface area contributed by atoms with Gasteiger partial charge in [0.1, 0.15) is 17.3 Å². The second-order valence-corrected chi connectivity index (χ2v) is 5.49. The van der Waals surface area contributed by atoms with Crippen LogP contribution in [0.5, 0.6) is 0 Å². The second-order valence-electron chi connectivity index (χ2n) is 5.14. The van der Waals surface area contributed by atoms with Crippen LogP contribution < -0.4 is 4.90 Å². The largest absolute Gasteiger partial charge is 0.326 e. The first-order chi connectivity index (χ1) is 9.54. The van der Waals surface area contributed by atoms with E-state index >= 15 is 0 Å². The van der Waals surface area contributed by atoms with Gasteiger partial charge in [0.2, 0.25) is 0 Å². The molecule has 0 aliphatic rings. The molecule has 0 aliphatic heterocycles. The monoisotopic (exact) mass is 289 g/mol. The van der Waals surface area contributed by atoms with Gasteiger partial charge in [-0.25, -0.2) is 9.97 Å². The van der Waals surface area contributed by atoms with Gasteiger partial charge in [0.05, 0.1) is 0 Å². The molecule has 0 bridgehead atoms. The number of aromatic nitrogens is 2. The topological polar surface area (TPSA) is 29.0 Å². The number of benzene rings is 1. The van der Waals surface area contributed by atoms with E-state index in [9.17, 15) is 0 Å². The van der Waals surface area contributed by atoms with Crippen molar-refractivity contribution in [3.8, 4) is 0 Å². The Morgan fingerprint density at radius 2 is 1.80 bits per heavy atom. The van der Waals surface area contributed by atoms with Gasteiger partial charge >= 0.3 is 0 Å². The average molecular weight is 290 g/mol. The zero-order valence-electron chi connectivity index (χ0n) is 12.4. The van der Waals surface area contributed by atoms with Crippen molar-refractivity contribution in [2.24, 2.45) is 0 Å². The molecule has 1 heterocycles. The molecular weight excluding hydrogens is 270 g/mol. The van der Waals surface area contributed by atoms with Crippen LogP contribution in [-0.2, 0) is 0 Å². The SMILES string of the molecule is CCN(c1ccc(C)cc1)c1ncnc(Cl)c1C(C)C. The van der Waals surface area contributed by atoms with Crippen molar-refractivity contribution in [2.75, 3.05) is 11.4 Å². The number of aryl methyl sites for hydroxylation is 1. The van der Waals surface area contributed by atoms with E-state index in [1.54, 1.807) is 0 Å². The average Bonchev–Trinajstić information content (AvgIpc) is 2.41. The smallest absolute Gasteiger partial charge is 0.141 e. The van der Waals surface area contributed by atoms with Crippen molar-refractivity contribution >= 4 is 23.1 Å². The molecule has 1 aromatic carbocycles. The molecule has 3 nitrogen and oxygen atoms in total. The lowest BCUT2D eigenvalue weighted by Gasteiger charge is -2.26. The molecule has 106 valence electrons. The lowest BCUT2D eigenvalue weighted by Crippen LogP contribution is -2.20. The van der Waals surface area contributed by atoms with Crippen LogP contribution in [0.1, 0.15) is 37.8 Å². The zero-order chi connectivity index (χ0) is 14.7. The van der Waals surface area contributed by atoms with Gasteiger partial charge in [-0.1, -0.05) is 43.1 Å². The Hall–Kier alpha value is -1.61. The molecule has 0 unspecified atom stereocenters. The molecule has 0 aliphatic carbocycles. The fourth-order valence-electron chi connectivity index (χ4n) is 2.26. The normalized spacial score (nSPS) is 10.9. The number of hydrogen-bond acceptors (Lipinski definition) is 3. The molecule has 0 saturated heterocycles. The Balaban J connectivity index is 2.52. The third kappa shape index (κ3) is 2.93. The minimum absolute atomic E-state index is 0.276. The van der Waals surface area contributed by atoms with E-state index in [2.05, 4.69) is 66.8 Å². The van der Waals surface area contributed by atoms with Gasteiger partial charge < -0.3 is 4.90 Å². The second kappa shape index (κ2) is 6.23. The maximum Gasteiger partial charge on any atom is 0.141 e. The first-order valence-electron chi connectivity index (χ1n) is 6.89. The highest BCUT2D eigenvalue weighted by molar-refractivity contribution is 6.30. The van der Waals surface area contributed by atoms with Crippen LogP contribution in [0, 0.1) is 6.92 Å². The number of nitrogens with zero attached hydrogens (tertiary/aromatic N) is 3. The number of rotatable bonds is 4. The third-order valence-corrected chi connectivity index (χ3v) is 3.61. The van der Waals surface area contributed by atoms with Crippen LogP contribution in [-0.4, -0.2) is 16.5 Å². The Morgan fingerprint density at radius 3 is 2.35 bits per heavy atom. The molecule has 0 fully saturated rings. The van der Waals surface area contributed by atoms with E-state index in [1.807, 2.05) is 0 Å². The van der Waals surface area contributed by atoms with E-state index in [0.717, 1.165) is 23.6 Å². The number of halogens is 1. The molecule has 20 heavy (non-hydrogen) atoms. The lowest BCUT2D eigenvalue weighted by atomic mass is 10.1. The molecule has 0 amide bonds. The molecule has 0 spiro atoms. The van der Waals surface area contributed by atoms with Crippen LogP contribution in [0.4, 0.5) is 11.5 Å². The van der Waals surface area contributed by atoms with Gasteiger partial charge in [-0.05, 0) is 31.9 Å². The minimum atomic E-state index is 0.276. The van der Waals surface area contributed by atoms with Crippen LogP contribution in [0.25, 0.3) is 0 Å². The molecule has 0 saturated carbocycles. The summed E-state index contributed by atoms with van der Waals surface area (Å²) in [5.41, 5.74) is 3.36. The summed E-state index contributed by atoms with van der Waals surface area (Å²) in [5.74, 6) is 1.17. The summed E-state index contributed by atoms with van der Waals surface area (Å²) in [5, 5.41) is 0.538. The summed E-state index contributed by atoms with van der Waals surface area (Å²) in [4.78, 5) is 10.7. The summed E-state index contributed by atoms with van der Waals surface area (Å²) in [6.07, 6.45) is 1.53. The maximum absolute atomic E-state index is 6.26. The zero-order valence-corrected chi connectivity index (χ0v) is 13.1. The summed E-state index contributed by atoms with van der Waals surface area (Å²) in [6.45, 7) is 9.24. The quantitative estimate of drug-likeness (QED) is 0.763. The first-order valence-corrected chi connectivity index (χ1v) is 7.27. The predicted molar refractivity (Wildman–Crippen MR) is 85.0 cm³/mol. The Labute approximate surface area is 125 Å². The van der Waals surface area contributed by atoms with Crippen LogP contribution in [0.2, 0.25) is 5.15 Å². The highest BCUT2D eigenvalue weighted by Crippen LogP contribution is 2.34. The van der Waals surface area contributed by atoms with Crippen molar-refractivity contribution in [1.82, 2.24) is 9.97 Å². The summed E-state index contributed by atoms with van der Waals surface area (Å²) >= 11 is 6.26. The lowest BCUT2D eigenvalue weighted by molar-refractivity contribution is 0.829. The summed E-state index contributed by atoms with van der Waals surface area (Å²) < 4.78 is 0. The van der Waals surface area contributed by atoms with Gasteiger partial charge in [0.25, 0.3) is 0 Å². The van der Waals surface area contributed by atoms with Gasteiger partial charge in [0.15, 0.2) is 0 Å². The van der Waals surface area contributed by atoms with Crippen molar-refractivity contribution < 1.29 is 0 Å². The van der Waals surface area contributed by atoms with Gasteiger partial charge in [-0.3, -0.25) is 0 Å². The Bertz CT molecular complexity index is 579. The van der Waals surface area contributed by atoms with Crippen LogP contribution in [0.3, 0.4) is 0 Å². The highest BCUT2D eigenvalue weighted by Gasteiger charge is 2.19. The fraction of sp³-hybridized carbons (Fsp3) is 0.375. The Morgan fingerprint density at radius 1 is 1.15 bits per heavy atom. The molecule has 0 N–H and O–H groups in total. The van der Waals surface area contributed by atoms with E-state index in [4.69, 9.17) is 11.6 Å². The molecule has 0 atom stereocenters. The summed E-state index contributed by atoms with van der Waals surface area (Å²) in [7, 11) is 0. The minimum Gasteiger partial charge on any atom is -0.326 e. The number of anilines is 2. The molecule has 4 heteroatoms. The van der Waals surface area contributed by atoms with Crippen LogP contribution >= 0.6 is 11.6 Å². The number of hydrogen-bond donors (Lipinski definition) is 0. The van der Waals surface area contributed by atoms with Crippen molar-refractivity contribution in [1.29, 1.82) is 0 Å². The van der Waals surface area contributed by atoms with Crippen LogP contribution in [0.15, 0.2) is 30.6 Å². The molecule has 2 aromatic rings. The van der Waals surface area contributed by atoms with Gasteiger partial charge in [-0.2, -0.15) is 0 Å². The Kier molecular flexibility index (Phi) is 4.61. The summed E-state index contributed by atoms with van der Waals surface area (Å²) in [6, 6.07) is 8.43. The highest BCUT2D eigenvalue weighted by atomic mass is 35.5. The van der Waals surface area contributed by atoms with Crippen molar-refractivity contribution in [3.05, 3.63) is 46.9 Å². The molecule has 1 aromatic heterocycles.